The normalized spacial score (nSPS) is 13.4. The molecule has 0 saturated heterocycles. The van der Waals surface area contributed by atoms with Crippen molar-refractivity contribution in [3.05, 3.63) is 82.8 Å². The average Bonchev–Trinajstić information content (AvgIpc) is 3.37. The monoisotopic (exact) mass is 408 g/mol. The number of thiophene rings is 1. The maximum atomic E-state index is 10.6. The predicted molar refractivity (Wildman–Crippen MR) is 115 cm³/mol. The molecule has 4 rings (SSSR count). The van der Waals surface area contributed by atoms with Crippen molar-refractivity contribution in [3.63, 3.8) is 0 Å². The Kier molecular flexibility index (Phi) is 6.24. The van der Waals surface area contributed by atoms with Gasteiger partial charge >= 0.3 is 0 Å². The fraction of sp³-hybridized carbons (Fsp3) is 0.261. The van der Waals surface area contributed by atoms with E-state index in [0.29, 0.717) is 13.2 Å². The average molecular weight is 409 g/mol. The summed E-state index contributed by atoms with van der Waals surface area (Å²) in [5.74, 6) is 1.57. The Balaban J connectivity index is 1.50. The number of hydrogen-bond acceptors (Lipinski definition) is 5. The number of rotatable bonds is 9. The Hall–Kier alpha value is -2.67. The van der Waals surface area contributed by atoms with Gasteiger partial charge in [-0.2, -0.15) is 0 Å². The number of para-hydroxylation sites is 3. The Morgan fingerprint density at radius 3 is 2.62 bits per heavy atom. The first-order valence-corrected chi connectivity index (χ1v) is 10.5. The van der Waals surface area contributed by atoms with Crippen LogP contribution in [0.15, 0.2) is 72.1 Å². The van der Waals surface area contributed by atoms with Gasteiger partial charge in [-0.25, -0.2) is 4.98 Å². The number of benzene rings is 2. The summed E-state index contributed by atoms with van der Waals surface area (Å²) in [7, 11) is 0. The second-order valence-corrected chi connectivity index (χ2v) is 7.92. The molecule has 2 aromatic heterocycles. The molecule has 6 heteroatoms. The largest absolute Gasteiger partial charge is 0.483 e. The van der Waals surface area contributed by atoms with E-state index in [2.05, 4.69) is 0 Å². The lowest BCUT2D eigenvalue weighted by atomic mass is 10.3. The molecule has 5 nitrogen and oxygen atoms in total. The van der Waals surface area contributed by atoms with Gasteiger partial charge in [-0.1, -0.05) is 36.4 Å². The predicted octanol–water partition coefficient (Wildman–Crippen LogP) is 4.82. The molecule has 0 aliphatic rings. The van der Waals surface area contributed by atoms with E-state index in [1.807, 2.05) is 83.6 Å². The van der Waals surface area contributed by atoms with Gasteiger partial charge in [0.1, 0.15) is 5.75 Å². The smallest absolute Gasteiger partial charge is 0.153 e. The highest BCUT2D eigenvalue weighted by molar-refractivity contribution is 7.09. The van der Waals surface area contributed by atoms with E-state index >= 15 is 0 Å². The van der Waals surface area contributed by atoms with Crippen LogP contribution in [-0.2, 0) is 17.9 Å². The van der Waals surface area contributed by atoms with Crippen molar-refractivity contribution in [3.8, 4) is 5.75 Å². The van der Waals surface area contributed by atoms with Crippen LogP contribution >= 0.6 is 11.3 Å². The molecule has 0 radical (unpaired) electrons. The number of aliphatic hydroxyl groups excluding tert-OH is 1. The van der Waals surface area contributed by atoms with Crippen molar-refractivity contribution in [1.82, 2.24) is 9.55 Å². The fourth-order valence-corrected chi connectivity index (χ4v) is 3.95. The number of imidazole rings is 1. The SMILES string of the molecule is C[C@H](Oc1ccccc1)c1nc2ccccc2n1C[C@@H](O)COCc1cccs1. The molecule has 1 N–H and O–H groups in total. The minimum atomic E-state index is -0.643. The van der Waals surface area contributed by atoms with Crippen LogP contribution in [0.2, 0.25) is 0 Å². The van der Waals surface area contributed by atoms with Gasteiger partial charge in [0.2, 0.25) is 0 Å². The summed E-state index contributed by atoms with van der Waals surface area (Å²) in [6.45, 7) is 3.14. The Morgan fingerprint density at radius 1 is 1.03 bits per heavy atom. The topological polar surface area (TPSA) is 56.5 Å². The Bertz CT molecular complexity index is 1030. The van der Waals surface area contributed by atoms with E-state index in [-0.39, 0.29) is 12.7 Å². The van der Waals surface area contributed by atoms with Crippen molar-refractivity contribution in [2.75, 3.05) is 6.61 Å². The first kappa shape index (κ1) is 19.6. The summed E-state index contributed by atoms with van der Waals surface area (Å²) < 4.78 is 13.8. The maximum absolute atomic E-state index is 10.6. The standard InChI is InChI=1S/C23H24N2O3S/c1-17(28-19-8-3-2-4-9-19)23-24-21-11-5-6-12-22(21)25(23)14-18(26)15-27-16-20-10-7-13-29-20/h2-13,17-18,26H,14-16H2,1H3/t17-,18+/m0/s1. The van der Waals surface area contributed by atoms with Crippen molar-refractivity contribution in [2.24, 2.45) is 0 Å². The molecule has 0 spiro atoms. The highest BCUT2D eigenvalue weighted by Crippen LogP contribution is 2.25. The first-order valence-electron chi connectivity index (χ1n) is 9.66. The molecule has 0 aliphatic heterocycles. The lowest BCUT2D eigenvalue weighted by Gasteiger charge is -2.19. The van der Waals surface area contributed by atoms with Gasteiger partial charge < -0.3 is 19.1 Å². The molecule has 0 aliphatic carbocycles. The molecular formula is C23H24N2O3S. The number of aromatic nitrogens is 2. The van der Waals surface area contributed by atoms with Crippen LogP contribution < -0.4 is 4.74 Å². The van der Waals surface area contributed by atoms with Crippen molar-refractivity contribution >= 4 is 22.4 Å². The van der Waals surface area contributed by atoms with Crippen molar-refractivity contribution in [1.29, 1.82) is 0 Å². The van der Waals surface area contributed by atoms with E-state index in [1.54, 1.807) is 11.3 Å². The highest BCUT2D eigenvalue weighted by Gasteiger charge is 2.20. The van der Waals surface area contributed by atoms with E-state index in [9.17, 15) is 5.11 Å². The van der Waals surface area contributed by atoms with Gasteiger partial charge in [-0.05, 0) is 42.6 Å². The summed E-state index contributed by atoms with van der Waals surface area (Å²) in [5, 5.41) is 12.6. The number of nitrogens with zero attached hydrogens (tertiary/aromatic N) is 2. The second-order valence-electron chi connectivity index (χ2n) is 6.89. The lowest BCUT2D eigenvalue weighted by Crippen LogP contribution is -2.24. The van der Waals surface area contributed by atoms with Gasteiger partial charge in [-0.3, -0.25) is 0 Å². The molecule has 0 amide bonds. The quantitative estimate of drug-likeness (QED) is 0.432. The third-order valence-corrected chi connectivity index (χ3v) is 5.48. The van der Waals surface area contributed by atoms with Gasteiger partial charge in [0.15, 0.2) is 11.9 Å². The van der Waals surface area contributed by atoms with Crippen LogP contribution in [0.1, 0.15) is 23.7 Å². The number of hydrogen-bond donors (Lipinski definition) is 1. The third-order valence-electron chi connectivity index (χ3n) is 4.63. The van der Waals surface area contributed by atoms with E-state index in [1.165, 1.54) is 0 Å². The van der Waals surface area contributed by atoms with Gasteiger partial charge in [-0.15, -0.1) is 11.3 Å². The summed E-state index contributed by atoms with van der Waals surface area (Å²) >= 11 is 1.65. The van der Waals surface area contributed by atoms with E-state index in [4.69, 9.17) is 14.5 Å². The fourth-order valence-electron chi connectivity index (χ4n) is 3.31. The number of fused-ring (bicyclic) bond motifs is 1. The van der Waals surface area contributed by atoms with Crippen LogP contribution in [-0.4, -0.2) is 27.4 Å². The summed E-state index contributed by atoms with van der Waals surface area (Å²) in [6.07, 6.45) is -0.903. The summed E-state index contributed by atoms with van der Waals surface area (Å²) in [5.41, 5.74) is 1.86. The maximum Gasteiger partial charge on any atom is 0.153 e. The van der Waals surface area contributed by atoms with Crippen molar-refractivity contribution < 1.29 is 14.6 Å². The highest BCUT2D eigenvalue weighted by atomic mass is 32.1. The zero-order valence-corrected chi connectivity index (χ0v) is 17.1. The van der Waals surface area contributed by atoms with Crippen LogP contribution in [0.4, 0.5) is 0 Å². The van der Waals surface area contributed by atoms with Crippen LogP contribution in [0, 0.1) is 0 Å². The summed E-state index contributed by atoms with van der Waals surface area (Å²) in [4.78, 5) is 5.92. The lowest BCUT2D eigenvalue weighted by molar-refractivity contribution is 0.0207. The van der Waals surface area contributed by atoms with Crippen LogP contribution in [0.5, 0.6) is 5.75 Å². The Morgan fingerprint density at radius 2 is 1.83 bits per heavy atom. The molecule has 2 heterocycles. The molecule has 29 heavy (non-hydrogen) atoms. The first-order chi connectivity index (χ1) is 14.2. The molecular weight excluding hydrogens is 384 g/mol. The van der Waals surface area contributed by atoms with Crippen LogP contribution in [0.3, 0.4) is 0 Å². The molecule has 0 saturated carbocycles. The van der Waals surface area contributed by atoms with Gasteiger partial charge in [0.25, 0.3) is 0 Å². The minimum Gasteiger partial charge on any atom is -0.483 e. The molecule has 0 bridgehead atoms. The Labute approximate surface area is 174 Å². The zero-order valence-electron chi connectivity index (χ0n) is 16.3. The van der Waals surface area contributed by atoms with E-state index < -0.39 is 6.10 Å². The molecule has 2 atom stereocenters. The number of ether oxygens (including phenoxy) is 2. The third kappa shape index (κ3) is 4.85. The van der Waals surface area contributed by atoms with Crippen molar-refractivity contribution in [2.45, 2.75) is 32.3 Å². The second kappa shape index (κ2) is 9.22. The minimum absolute atomic E-state index is 0.260. The zero-order chi connectivity index (χ0) is 20.1. The van der Waals surface area contributed by atoms with Gasteiger partial charge in [0, 0.05) is 4.88 Å². The van der Waals surface area contributed by atoms with Crippen LogP contribution in [0.25, 0.3) is 11.0 Å². The molecule has 0 fully saturated rings. The molecule has 150 valence electrons. The van der Waals surface area contributed by atoms with E-state index in [0.717, 1.165) is 27.5 Å². The summed E-state index contributed by atoms with van der Waals surface area (Å²) in [6, 6.07) is 21.7. The van der Waals surface area contributed by atoms with Gasteiger partial charge in [0.05, 0.1) is 36.9 Å². The number of aliphatic hydroxyl groups is 1. The molecule has 4 aromatic rings. The molecule has 0 unspecified atom stereocenters. The molecule has 2 aromatic carbocycles.